The average Bonchev–Trinajstić information content (AvgIpc) is 2.50. The minimum atomic E-state index is 0.00899. The molecule has 0 N–H and O–H groups in total. The molecule has 0 aromatic carbocycles. The van der Waals surface area contributed by atoms with E-state index in [0.29, 0.717) is 5.41 Å². The van der Waals surface area contributed by atoms with Crippen LogP contribution in [0, 0.1) is 34.5 Å². The molecule has 0 spiro atoms. The first-order valence-corrected chi connectivity index (χ1v) is 7.39. The third-order valence-electron chi connectivity index (χ3n) is 6.05. The maximum Gasteiger partial charge on any atom is 0.125 e. The smallest absolute Gasteiger partial charge is 0.125 e. The Morgan fingerprint density at radius 3 is 2.29 bits per heavy atom. The molecule has 0 saturated heterocycles. The summed E-state index contributed by atoms with van der Waals surface area (Å²) >= 11 is 0. The van der Waals surface area contributed by atoms with Gasteiger partial charge >= 0.3 is 0 Å². The first-order valence-electron chi connectivity index (χ1n) is 7.39. The molecule has 0 aliphatic heterocycles. The molecular formula is C16H26O. The zero-order chi connectivity index (χ0) is 12.3. The molecule has 96 valence electrons. The number of hydrogen-bond donors (Lipinski definition) is 0. The molecule has 1 heteroatoms. The Morgan fingerprint density at radius 1 is 1.00 bits per heavy atom. The van der Waals surface area contributed by atoms with Crippen LogP contribution in [-0.4, -0.2) is 6.29 Å². The summed E-state index contributed by atoms with van der Waals surface area (Å²) in [6, 6.07) is 0. The van der Waals surface area contributed by atoms with Gasteiger partial charge in [-0.1, -0.05) is 20.8 Å². The summed E-state index contributed by atoms with van der Waals surface area (Å²) in [4.78, 5) is 11.3. The van der Waals surface area contributed by atoms with Crippen LogP contribution in [0.25, 0.3) is 0 Å². The van der Waals surface area contributed by atoms with Gasteiger partial charge in [0.15, 0.2) is 0 Å². The van der Waals surface area contributed by atoms with Crippen LogP contribution in [0.4, 0.5) is 0 Å². The molecule has 3 saturated carbocycles. The van der Waals surface area contributed by atoms with Crippen LogP contribution in [0.5, 0.6) is 0 Å². The number of carbonyl (C=O) groups excluding carboxylic acids is 1. The first kappa shape index (κ1) is 11.7. The Hall–Kier alpha value is -0.330. The van der Waals surface area contributed by atoms with Gasteiger partial charge in [-0.05, 0) is 67.6 Å². The normalized spacial score (nSPS) is 51.9. The molecular weight excluding hydrogens is 208 g/mol. The van der Waals surface area contributed by atoms with Gasteiger partial charge in [-0.3, -0.25) is 0 Å². The fraction of sp³-hybridized carbons (Fsp3) is 0.938. The quantitative estimate of drug-likeness (QED) is 0.625. The van der Waals surface area contributed by atoms with Crippen LogP contribution in [0.1, 0.15) is 59.3 Å². The van der Waals surface area contributed by atoms with Crippen molar-refractivity contribution < 1.29 is 4.79 Å². The van der Waals surface area contributed by atoms with Crippen molar-refractivity contribution >= 4 is 6.29 Å². The molecule has 5 unspecified atom stereocenters. The topological polar surface area (TPSA) is 17.1 Å². The minimum Gasteiger partial charge on any atom is -0.303 e. The number of rotatable bonds is 1. The number of carbonyl (C=O) groups is 1. The monoisotopic (exact) mass is 234 g/mol. The highest BCUT2D eigenvalue weighted by molar-refractivity contribution is 5.59. The number of hydrogen-bond acceptors (Lipinski definition) is 1. The number of aldehydes is 1. The van der Waals surface area contributed by atoms with Crippen LogP contribution in [-0.2, 0) is 4.79 Å². The highest BCUT2D eigenvalue weighted by atomic mass is 16.1. The second kappa shape index (κ2) is 3.59. The van der Waals surface area contributed by atoms with E-state index in [0.717, 1.165) is 23.7 Å². The summed E-state index contributed by atoms with van der Waals surface area (Å²) < 4.78 is 0. The van der Waals surface area contributed by atoms with E-state index >= 15 is 0 Å². The molecule has 0 radical (unpaired) electrons. The van der Waals surface area contributed by atoms with Gasteiger partial charge < -0.3 is 4.79 Å². The fourth-order valence-electron chi connectivity index (χ4n) is 5.35. The Kier molecular flexibility index (Phi) is 2.48. The first-order chi connectivity index (χ1) is 7.92. The Morgan fingerprint density at radius 2 is 1.65 bits per heavy atom. The zero-order valence-electron chi connectivity index (χ0n) is 11.5. The molecule has 0 aromatic rings. The van der Waals surface area contributed by atoms with Crippen molar-refractivity contribution in [1.82, 2.24) is 0 Å². The predicted molar refractivity (Wildman–Crippen MR) is 69.6 cm³/mol. The lowest BCUT2D eigenvalue weighted by molar-refractivity contribution is -0.118. The van der Waals surface area contributed by atoms with Crippen molar-refractivity contribution in [1.29, 1.82) is 0 Å². The predicted octanol–water partition coefficient (Wildman–Crippen LogP) is 4.06. The SMILES string of the molecule is CC1(C)CCC2C3CC(CC(C)(C=O)C3)C2C1. The molecule has 3 aliphatic rings. The molecule has 17 heavy (non-hydrogen) atoms. The minimum absolute atomic E-state index is 0.00899. The van der Waals surface area contributed by atoms with Gasteiger partial charge in [-0.25, -0.2) is 0 Å². The molecule has 3 rings (SSSR count). The standard InChI is InChI=1S/C16H26O/c1-15(2)5-4-13-11-6-12(14(13)9-15)8-16(3,7-11)10-17/h10-14H,4-9H2,1-3H3. The lowest BCUT2D eigenvalue weighted by atomic mass is 9.65. The molecule has 1 nitrogen and oxygen atoms in total. The second-order valence-electron chi connectivity index (χ2n) is 8.17. The van der Waals surface area contributed by atoms with E-state index in [-0.39, 0.29) is 5.41 Å². The van der Waals surface area contributed by atoms with Crippen molar-refractivity contribution in [3.63, 3.8) is 0 Å². The molecule has 5 atom stereocenters. The fourth-order valence-corrected chi connectivity index (χ4v) is 5.35. The van der Waals surface area contributed by atoms with E-state index in [1.807, 2.05) is 0 Å². The van der Waals surface area contributed by atoms with Gasteiger partial charge in [0, 0.05) is 5.41 Å². The van der Waals surface area contributed by atoms with Crippen LogP contribution in [0.15, 0.2) is 0 Å². The average molecular weight is 234 g/mol. The summed E-state index contributed by atoms with van der Waals surface area (Å²) in [5, 5.41) is 0. The van der Waals surface area contributed by atoms with Gasteiger partial charge in [0.25, 0.3) is 0 Å². The van der Waals surface area contributed by atoms with Crippen molar-refractivity contribution in [3.8, 4) is 0 Å². The summed E-state index contributed by atoms with van der Waals surface area (Å²) in [5.74, 6) is 3.61. The van der Waals surface area contributed by atoms with Crippen molar-refractivity contribution in [2.24, 2.45) is 34.5 Å². The van der Waals surface area contributed by atoms with Gasteiger partial charge in [-0.2, -0.15) is 0 Å². The van der Waals surface area contributed by atoms with Crippen molar-refractivity contribution in [2.45, 2.75) is 59.3 Å². The highest BCUT2D eigenvalue weighted by Crippen LogP contribution is 2.61. The largest absolute Gasteiger partial charge is 0.303 e. The van der Waals surface area contributed by atoms with Gasteiger partial charge in [0.1, 0.15) is 6.29 Å². The van der Waals surface area contributed by atoms with E-state index in [1.54, 1.807) is 0 Å². The van der Waals surface area contributed by atoms with E-state index in [4.69, 9.17) is 0 Å². The lowest BCUT2D eigenvalue weighted by Crippen LogP contribution is -2.30. The van der Waals surface area contributed by atoms with Crippen LogP contribution in [0.3, 0.4) is 0 Å². The van der Waals surface area contributed by atoms with Gasteiger partial charge in [0.05, 0.1) is 0 Å². The Labute approximate surface area is 105 Å². The zero-order valence-corrected chi connectivity index (χ0v) is 11.5. The van der Waals surface area contributed by atoms with Gasteiger partial charge in [0.2, 0.25) is 0 Å². The highest BCUT2D eigenvalue weighted by Gasteiger charge is 2.53. The maximum absolute atomic E-state index is 11.3. The van der Waals surface area contributed by atoms with Crippen molar-refractivity contribution in [3.05, 3.63) is 0 Å². The molecule has 0 aromatic heterocycles. The second-order valence-corrected chi connectivity index (χ2v) is 8.17. The lowest BCUT2D eigenvalue weighted by Gasteiger charge is -2.40. The summed E-state index contributed by atoms with van der Waals surface area (Å²) in [7, 11) is 0. The van der Waals surface area contributed by atoms with E-state index in [9.17, 15) is 4.79 Å². The van der Waals surface area contributed by atoms with E-state index < -0.39 is 0 Å². The summed E-state index contributed by atoms with van der Waals surface area (Å²) in [6.07, 6.45) is 9.26. The molecule has 0 amide bonds. The van der Waals surface area contributed by atoms with E-state index in [2.05, 4.69) is 20.8 Å². The number of fused-ring (bicyclic) bond motifs is 5. The maximum atomic E-state index is 11.3. The summed E-state index contributed by atoms with van der Waals surface area (Å²) in [5.41, 5.74) is 0.561. The third-order valence-corrected chi connectivity index (χ3v) is 6.05. The van der Waals surface area contributed by atoms with Crippen LogP contribution < -0.4 is 0 Å². The van der Waals surface area contributed by atoms with Gasteiger partial charge in [-0.15, -0.1) is 0 Å². The molecule has 3 fully saturated rings. The third kappa shape index (κ3) is 1.86. The van der Waals surface area contributed by atoms with E-state index in [1.165, 1.54) is 44.8 Å². The van der Waals surface area contributed by atoms with Crippen LogP contribution >= 0.6 is 0 Å². The molecule has 0 heterocycles. The van der Waals surface area contributed by atoms with Crippen LogP contribution in [0.2, 0.25) is 0 Å². The van der Waals surface area contributed by atoms with Crippen molar-refractivity contribution in [2.75, 3.05) is 0 Å². The molecule has 2 bridgehead atoms. The summed E-state index contributed by atoms with van der Waals surface area (Å²) in [6.45, 7) is 7.07. The Bertz CT molecular complexity index is 332. The Balaban J connectivity index is 1.84. The molecule has 3 aliphatic carbocycles.